The van der Waals surface area contributed by atoms with Gasteiger partial charge in [0.05, 0.1) is 11.7 Å². The van der Waals surface area contributed by atoms with E-state index in [1.165, 1.54) is 0 Å². The van der Waals surface area contributed by atoms with Gasteiger partial charge in [0, 0.05) is 50.2 Å². The number of hydrogen-bond acceptors (Lipinski definition) is 5. The molecule has 1 aromatic carbocycles. The number of benzene rings is 1. The Balaban J connectivity index is 1.39. The molecule has 0 aromatic heterocycles. The van der Waals surface area contributed by atoms with Crippen LogP contribution >= 0.6 is 0 Å². The van der Waals surface area contributed by atoms with E-state index in [0.29, 0.717) is 49.3 Å². The summed E-state index contributed by atoms with van der Waals surface area (Å²) in [5.41, 5.74) is 2.36. The normalized spacial score (nSPS) is 31.6. The fourth-order valence-electron chi connectivity index (χ4n) is 4.77. The zero-order valence-corrected chi connectivity index (χ0v) is 13.9. The molecule has 2 bridgehead atoms. The molecule has 0 radical (unpaired) electrons. The van der Waals surface area contributed by atoms with E-state index in [2.05, 4.69) is 15.5 Å². The van der Waals surface area contributed by atoms with Gasteiger partial charge in [-0.2, -0.15) is 0 Å². The third kappa shape index (κ3) is 2.29. The van der Waals surface area contributed by atoms with Gasteiger partial charge < -0.3 is 10.2 Å². The number of carbonyl (C=O) groups excluding carboxylic acids is 2. The smallest absolute Gasteiger partial charge is 0.243 e. The lowest BCUT2D eigenvalue weighted by Crippen LogP contribution is -2.68. The molecule has 0 spiro atoms. The van der Waals surface area contributed by atoms with Crippen molar-refractivity contribution in [1.82, 2.24) is 15.5 Å². The van der Waals surface area contributed by atoms with Crippen molar-refractivity contribution in [2.75, 3.05) is 18.0 Å². The van der Waals surface area contributed by atoms with Crippen LogP contribution in [0.1, 0.15) is 30.4 Å². The predicted octanol–water partition coefficient (Wildman–Crippen LogP) is 0.497. The number of imide groups is 1. The molecule has 0 aliphatic carbocycles. The summed E-state index contributed by atoms with van der Waals surface area (Å²) in [6.07, 6.45) is 1.99. The first-order chi connectivity index (χ1) is 12.1. The van der Waals surface area contributed by atoms with E-state index in [9.17, 15) is 9.59 Å². The molecule has 4 aliphatic rings. The van der Waals surface area contributed by atoms with Crippen LogP contribution < -0.4 is 15.5 Å². The maximum atomic E-state index is 15.2. The van der Waals surface area contributed by atoms with Gasteiger partial charge >= 0.3 is 0 Å². The van der Waals surface area contributed by atoms with Gasteiger partial charge in [0.15, 0.2) is 5.82 Å². The second kappa shape index (κ2) is 5.51. The molecule has 3 unspecified atom stereocenters. The third-order valence-corrected chi connectivity index (χ3v) is 6.07. The van der Waals surface area contributed by atoms with E-state index >= 15 is 4.39 Å². The van der Waals surface area contributed by atoms with Crippen molar-refractivity contribution in [3.63, 3.8) is 0 Å². The summed E-state index contributed by atoms with van der Waals surface area (Å²) in [6.45, 7) is 2.82. The first-order valence-electron chi connectivity index (χ1n) is 8.99. The quantitative estimate of drug-likeness (QED) is 0.765. The molecule has 6 nitrogen and oxygen atoms in total. The van der Waals surface area contributed by atoms with Crippen LogP contribution in [0, 0.1) is 5.82 Å². The number of hydrogen-bond donors (Lipinski definition) is 2. The summed E-state index contributed by atoms with van der Waals surface area (Å²) in [4.78, 5) is 27.6. The SMILES string of the molecule is O=C1CCC(N2Cc3ccc(N4C5CNCC4C5)c(F)c3C2)C(=O)N1. The number of rotatable bonds is 2. The highest BCUT2D eigenvalue weighted by atomic mass is 19.1. The lowest BCUT2D eigenvalue weighted by Gasteiger charge is -2.54. The summed E-state index contributed by atoms with van der Waals surface area (Å²) in [6, 6.07) is 4.33. The molecule has 25 heavy (non-hydrogen) atoms. The van der Waals surface area contributed by atoms with Crippen molar-refractivity contribution in [3.05, 3.63) is 29.1 Å². The van der Waals surface area contributed by atoms with Gasteiger partial charge in [0.25, 0.3) is 0 Å². The van der Waals surface area contributed by atoms with Crippen molar-refractivity contribution in [2.24, 2.45) is 0 Å². The molecule has 132 valence electrons. The number of piperazine rings is 1. The molecule has 1 aromatic rings. The number of piperidine rings is 2. The molecule has 5 rings (SSSR count). The van der Waals surface area contributed by atoms with Crippen LogP contribution in [-0.4, -0.2) is 47.9 Å². The molecular formula is C18H21FN4O2. The molecule has 0 saturated carbocycles. The first-order valence-corrected chi connectivity index (χ1v) is 8.99. The standard InChI is InChI=1S/C18H21FN4O2/c19-17-13-9-22(15-3-4-16(24)21-18(15)25)8-10(13)1-2-14(17)23-11-5-12(23)7-20-6-11/h1-2,11-12,15,20H,3-9H2,(H,21,24,25). The molecule has 3 saturated heterocycles. The average molecular weight is 344 g/mol. The summed E-state index contributed by atoms with van der Waals surface area (Å²) >= 11 is 0. The van der Waals surface area contributed by atoms with E-state index in [1.807, 2.05) is 17.0 Å². The Kier molecular flexibility index (Phi) is 3.36. The van der Waals surface area contributed by atoms with Crippen molar-refractivity contribution in [3.8, 4) is 0 Å². The lowest BCUT2D eigenvalue weighted by atomic mass is 9.87. The summed E-state index contributed by atoms with van der Waals surface area (Å²) in [7, 11) is 0. The second-order valence-electron chi connectivity index (χ2n) is 7.52. The Morgan fingerprint density at radius 1 is 1.12 bits per heavy atom. The van der Waals surface area contributed by atoms with Gasteiger partial charge in [0.2, 0.25) is 11.8 Å². The van der Waals surface area contributed by atoms with E-state index in [1.54, 1.807) is 0 Å². The predicted molar refractivity (Wildman–Crippen MR) is 89.4 cm³/mol. The van der Waals surface area contributed by atoms with Crippen molar-refractivity contribution in [2.45, 2.75) is 50.5 Å². The van der Waals surface area contributed by atoms with Crippen molar-refractivity contribution < 1.29 is 14.0 Å². The number of fused-ring (bicyclic) bond motifs is 3. The van der Waals surface area contributed by atoms with Gasteiger partial charge in [-0.15, -0.1) is 0 Å². The molecule has 4 aliphatic heterocycles. The van der Waals surface area contributed by atoms with Crippen LogP contribution in [0.4, 0.5) is 10.1 Å². The van der Waals surface area contributed by atoms with Crippen LogP contribution in [-0.2, 0) is 22.7 Å². The molecular weight excluding hydrogens is 323 g/mol. The summed E-state index contributed by atoms with van der Waals surface area (Å²) in [5.74, 6) is -0.610. The van der Waals surface area contributed by atoms with E-state index in [4.69, 9.17) is 0 Å². The topological polar surface area (TPSA) is 64.7 Å². The van der Waals surface area contributed by atoms with E-state index in [-0.39, 0.29) is 23.7 Å². The van der Waals surface area contributed by atoms with Crippen LogP contribution in [0.2, 0.25) is 0 Å². The molecule has 3 fully saturated rings. The van der Waals surface area contributed by atoms with Gasteiger partial charge in [0.1, 0.15) is 0 Å². The molecule has 7 heteroatoms. The zero-order chi connectivity index (χ0) is 17.1. The zero-order valence-electron chi connectivity index (χ0n) is 13.9. The maximum Gasteiger partial charge on any atom is 0.243 e. The van der Waals surface area contributed by atoms with Gasteiger partial charge in [-0.25, -0.2) is 4.39 Å². The Morgan fingerprint density at radius 2 is 1.92 bits per heavy atom. The Labute approximate surface area is 145 Å². The highest BCUT2D eigenvalue weighted by Gasteiger charge is 2.43. The third-order valence-electron chi connectivity index (χ3n) is 6.07. The number of halogens is 1. The highest BCUT2D eigenvalue weighted by Crippen LogP contribution is 2.39. The minimum atomic E-state index is -0.347. The number of carbonyl (C=O) groups is 2. The first kappa shape index (κ1) is 15.3. The summed E-state index contributed by atoms with van der Waals surface area (Å²) < 4.78 is 15.2. The summed E-state index contributed by atoms with van der Waals surface area (Å²) in [5, 5.41) is 5.76. The van der Waals surface area contributed by atoms with Crippen LogP contribution in [0.3, 0.4) is 0 Å². The molecule has 2 amide bonds. The van der Waals surface area contributed by atoms with Crippen LogP contribution in [0.5, 0.6) is 0 Å². The number of amides is 2. The Hall–Kier alpha value is -1.99. The number of nitrogens with one attached hydrogen (secondary N) is 2. The fourth-order valence-corrected chi connectivity index (χ4v) is 4.77. The average Bonchev–Trinajstić information content (AvgIpc) is 3.02. The van der Waals surface area contributed by atoms with Crippen molar-refractivity contribution >= 4 is 17.5 Å². The second-order valence-corrected chi connectivity index (χ2v) is 7.52. The monoisotopic (exact) mass is 344 g/mol. The fraction of sp³-hybridized carbons (Fsp3) is 0.556. The number of nitrogens with zero attached hydrogens (tertiary/aromatic N) is 2. The highest BCUT2D eigenvalue weighted by molar-refractivity contribution is 6.00. The van der Waals surface area contributed by atoms with Gasteiger partial charge in [-0.05, 0) is 24.5 Å². The number of anilines is 1. The van der Waals surface area contributed by atoms with Crippen molar-refractivity contribution in [1.29, 1.82) is 0 Å². The Morgan fingerprint density at radius 3 is 2.64 bits per heavy atom. The van der Waals surface area contributed by atoms with Crippen LogP contribution in [0.15, 0.2) is 12.1 Å². The molecule has 4 heterocycles. The lowest BCUT2D eigenvalue weighted by molar-refractivity contribution is -0.137. The van der Waals surface area contributed by atoms with E-state index < -0.39 is 0 Å². The van der Waals surface area contributed by atoms with Crippen LogP contribution in [0.25, 0.3) is 0 Å². The van der Waals surface area contributed by atoms with E-state index in [0.717, 1.165) is 25.1 Å². The minimum Gasteiger partial charge on any atom is -0.360 e. The maximum absolute atomic E-state index is 15.2. The van der Waals surface area contributed by atoms with Gasteiger partial charge in [-0.1, -0.05) is 6.07 Å². The van der Waals surface area contributed by atoms with Gasteiger partial charge in [-0.3, -0.25) is 19.8 Å². The molecule has 3 atom stereocenters. The molecule has 2 N–H and O–H groups in total. The minimum absolute atomic E-state index is 0.135. The largest absolute Gasteiger partial charge is 0.360 e. The Bertz CT molecular complexity index is 754.